The minimum absolute atomic E-state index is 0.0107. The fourth-order valence-electron chi connectivity index (χ4n) is 2.41. The molecule has 5 nitrogen and oxygen atoms in total. The Labute approximate surface area is 184 Å². The molecule has 0 radical (unpaired) electrons. The molecule has 152 valence electrons. The van der Waals surface area contributed by atoms with Crippen molar-refractivity contribution in [3.05, 3.63) is 62.5 Å². The van der Waals surface area contributed by atoms with Crippen LogP contribution in [-0.2, 0) is 21.4 Å². The van der Waals surface area contributed by atoms with E-state index in [2.05, 4.69) is 21.2 Å². The second-order valence-electron chi connectivity index (χ2n) is 6.35. The second kappa shape index (κ2) is 10.1. The summed E-state index contributed by atoms with van der Waals surface area (Å²) in [7, 11) is -3.90. The molecular formula is C19H21BrCl2N2O3S. The number of hydrogen-bond acceptors (Lipinski definition) is 3. The van der Waals surface area contributed by atoms with Gasteiger partial charge in [0, 0.05) is 17.1 Å². The third-order valence-corrected chi connectivity index (χ3v) is 7.21. The first-order valence-corrected chi connectivity index (χ1v) is 11.6. The van der Waals surface area contributed by atoms with Gasteiger partial charge in [-0.2, -0.15) is 4.31 Å². The van der Waals surface area contributed by atoms with Crippen molar-refractivity contribution in [3.8, 4) is 0 Å². The van der Waals surface area contributed by atoms with Gasteiger partial charge in [0.05, 0.1) is 21.5 Å². The van der Waals surface area contributed by atoms with E-state index in [1.54, 1.807) is 30.3 Å². The number of nitrogens with one attached hydrogen (secondary N) is 1. The molecule has 1 amide bonds. The summed E-state index contributed by atoms with van der Waals surface area (Å²) in [6.45, 7) is 3.49. The molecule has 0 spiro atoms. The van der Waals surface area contributed by atoms with E-state index in [4.69, 9.17) is 23.2 Å². The van der Waals surface area contributed by atoms with E-state index in [1.807, 2.05) is 13.8 Å². The molecule has 9 heteroatoms. The molecule has 0 saturated heterocycles. The standard InChI is InChI=1S/C19H21BrCl2N2O3S/c1-3-13(2)23-19(25)12-24(11-14-4-9-17(21)18(22)10-14)28(26,27)16-7-5-15(20)6-8-16/h4-10,13H,3,11-12H2,1-2H3,(H,23,25)/t13-/m1/s1. The minimum Gasteiger partial charge on any atom is -0.353 e. The zero-order valence-corrected chi connectivity index (χ0v) is 19.4. The molecule has 0 heterocycles. The Balaban J connectivity index is 2.35. The Morgan fingerprint density at radius 3 is 2.36 bits per heavy atom. The van der Waals surface area contributed by atoms with Crippen molar-refractivity contribution in [2.45, 2.75) is 37.8 Å². The molecule has 28 heavy (non-hydrogen) atoms. The molecular weight excluding hydrogens is 487 g/mol. The van der Waals surface area contributed by atoms with Gasteiger partial charge in [-0.25, -0.2) is 8.42 Å². The van der Waals surface area contributed by atoms with E-state index in [0.29, 0.717) is 15.6 Å². The molecule has 0 aliphatic carbocycles. The Bertz CT molecular complexity index is 937. The van der Waals surface area contributed by atoms with Crippen LogP contribution in [0.2, 0.25) is 10.0 Å². The van der Waals surface area contributed by atoms with Gasteiger partial charge in [-0.1, -0.05) is 52.1 Å². The number of benzene rings is 2. The number of hydrogen-bond donors (Lipinski definition) is 1. The van der Waals surface area contributed by atoms with Crippen molar-refractivity contribution in [3.63, 3.8) is 0 Å². The first-order valence-electron chi connectivity index (χ1n) is 8.62. The average molecular weight is 508 g/mol. The molecule has 2 rings (SSSR count). The van der Waals surface area contributed by atoms with Crippen LogP contribution in [0.3, 0.4) is 0 Å². The first-order chi connectivity index (χ1) is 13.1. The first kappa shape index (κ1) is 23.2. The van der Waals surface area contributed by atoms with Crippen LogP contribution >= 0.6 is 39.1 Å². The maximum atomic E-state index is 13.2. The van der Waals surface area contributed by atoms with Crippen LogP contribution in [0.1, 0.15) is 25.8 Å². The summed E-state index contributed by atoms with van der Waals surface area (Å²) in [6.07, 6.45) is 0.748. The molecule has 0 bridgehead atoms. The quantitative estimate of drug-likeness (QED) is 0.554. The molecule has 0 fully saturated rings. The molecule has 2 aromatic carbocycles. The maximum Gasteiger partial charge on any atom is 0.243 e. The normalized spacial score (nSPS) is 12.8. The topological polar surface area (TPSA) is 66.5 Å². The van der Waals surface area contributed by atoms with E-state index in [1.165, 1.54) is 12.1 Å². The number of carbonyl (C=O) groups is 1. The van der Waals surface area contributed by atoms with Gasteiger partial charge in [0.1, 0.15) is 0 Å². The number of rotatable bonds is 8. The molecule has 1 N–H and O–H groups in total. The van der Waals surface area contributed by atoms with Gasteiger partial charge in [0.2, 0.25) is 15.9 Å². The van der Waals surface area contributed by atoms with Gasteiger partial charge >= 0.3 is 0 Å². The van der Waals surface area contributed by atoms with E-state index in [0.717, 1.165) is 15.2 Å². The largest absolute Gasteiger partial charge is 0.353 e. The lowest BCUT2D eigenvalue weighted by atomic mass is 10.2. The summed E-state index contributed by atoms with van der Waals surface area (Å²) < 4.78 is 28.2. The van der Waals surface area contributed by atoms with Crippen LogP contribution in [0.15, 0.2) is 51.8 Å². The van der Waals surface area contributed by atoms with E-state index in [-0.39, 0.29) is 29.9 Å². The predicted octanol–water partition coefficient (Wildman–Crippen LogP) is 4.86. The minimum atomic E-state index is -3.90. The van der Waals surface area contributed by atoms with Gasteiger partial charge in [0.15, 0.2) is 0 Å². The highest BCUT2D eigenvalue weighted by Crippen LogP contribution is 2.25. The molecule has 0 saturated carbocycles. The predicted molar refractivity (Wildman–Crippen MR) is 116 cm³/mol. The Morgan fingerprint density at radius 1 is 1.14 bits per heavy atom. The van der Waals surface area contributed by atoms with Crippen LogP contribution in [0, 0.1) is 0 Å². The molecule has 0 unspecified atom stereocenters. The number of sulfonamides is 1. The van der Waals surface area contributed by atoms with E-state index >= 15 is 0 Å². The zero-order chi connectivity index (χ0) is 20.9. The molecule has 1 atom stereocenters. The van der Waals surface area contributed by atoms with Crippen molar-refractivity contribution in [1.29, 1.82) is 0 Å². The van der Waals surface area contributed by atoms with Crippen LogP contribution in [-0.4, -0.2) is 31.2 Å². The lowest BCUT2D eigenvalue weighted by Gasteiger charge is -2.23. The summed E-state index contributed by atoms with van der Waals surface area (Å²) in [5.41, 5.74) is 0.631. The van der Waals surface area contributed by atoms with Gasteiger partial charge in [-0.15, -0.1) is 0 Å². The average Bonchev–Trinajstić information content (AvgIpc) is 2.64. The Hall–Kier alpha value is -1.12. The third-order valence-electron chi connectivity index (χ3n) is 4.13. The van der Waals surface area contributed by atoms with Crippen molar-refractivity contribution >= 4 is 55.1 Å². The lowest BCUT2D eigenvalue weighted by molar-refractivity contribution is -0.122. The second-order valence-corrected chi connectivity index (χ2v) is 10.0. The SMILES string of the molecule is CC[C@@H](C)NC(=O)CN(Cc1ccc(Cl)c(Cl)c1)S(=O)(=O)c1ccc(Br)cc1. The summed E-state index contributed by atoms with van der Waals surface area (Å²) in [5, 5.41) is 3.50. The van der Waals surface area contributed by atoms with E-state index < -0.39 is 10.0 Å². The highest BCUT2D eigenvalue weighted by molar-refractivity contribution is 9.10. The van der Waals surface area contributed by atoms with E-state index in [9.17, 15) is 13.2 Å². The lowest BCUT2D eigenvalue weighted by Crippen LogP contribution is -2.43. The summed E-state index contributed by atoms with van der Waals surface area (Å²) in [4.78, 5) is 12.5. The summed E-state index contributed by atoms with van der Waals surface area (Å²) in [5.74, 6) is -0.366. The number of amides is 1. The molecule has 0 aromatic heterocycles. The van der Waals surface area contributed by atoms with Gasteiger partial charge < -0.3 is 5.32 Å². The molecule has 0 aliphatic heterocycles. The summed E-state index contributed by atoms with van der Waals surface area (Å²) in [6, 6.07) is 11.1. The monoisotopic (exact) mass is 506 g/mol. The number of halogens is 3. The highest BCUT2D eigenvalue weighted by atomic mass is 79.9. The molecule has 0 aliphatic rings. The summed E-state index contributed by atoms with van der Waals surface area (Å²) >= 11 is 15.3. The Morgan fingerprint density at radius 2 is 1.79 bits per heavy atom. The van der Waals surface area contributed by atoms with Crippen molar-refractivity contribution in [2.75, 3.05) is 6.54 Å². The van der Waals surface area contributed by atoms with Crippen molar-refractivity contribution < 1.29 is 13.2 Å². The number of nitrogens with zero attached hydrogens (tertiary/aromatic N) is 1. The van der Waals surface area contributed by atoms with Crippen LogP contribution in [0.4, 0.5) is 0 Å². The number of carbonyl (C=O) groups excluding carboxylic acids is 1. The fraction of sp³-hybridized carbons (Fsp3) is 0.316. The van der Waals surface area contributed by atoms with Gasteiger partial charge in [-0.3, -0.25) is 4.79 Å². The maximum absolute atomic E-state index is 13.2. The van der Waals surface area contributed by atoms with Crippen LogP contribution in [0.25, 0.3) is 0 Å². The van der Waals surface area contributed by atoms with Crippen molar-refractivity contribution in [2.24, 2.45) is 0 Å². The van der Waals surface area contributed by atoms with Crippen LogP contribution < -0.4 is 5.32 Å². The fourth-order valence-corrected chi connectivity index (χ4v) is 4.38. The molecule has 2 aromatic rings. The Kier molecular flexibility index (Phi) is 8.33. The zero-order valence-electron chi connectivity index (χ0n) is 15.5. The van der Waals surface area contributed by atoms with Crippen LogP contribution in [0.5, 0.6) is 0 Å². The third kappa shape index (κ3) is 6.19. The van der Waals surface area contributed by atoms with Gasteiger partial charge in [-0.05, 0) is 55.3 Å². The van der Waals surface area contributed by atoms with Crippen molar-refractivity contribution in [1.82, 2.24) is 9.62 Å². The smallest absolute Gasteiger partial charge is 0.243 e. The van der Waals surface area contributed by atoms with Gasteiger partial charge in [0.25, 0.3) is 0 Å². The highest BCUT2D eigenvalue weighted by Gasteiger charge is 2.27.